The van der Waals surface area contributed by atoms with Crippen LogP contribution < -0.4 is 20.5 Å². The standard InChI is InChI=1S/C26H32F2N4O5/c1-15-31-21-11-22(34-4)23(37-6-5-36-19-13-35-14-19)10-20(21)24(32-15)30-12-16-7-17(9-18(29)8-16)26(27,28)25(2,3)33/h7-11,19,33H,5-6,12-14,29H2,1-4H3,(H,30,31,32). The number of methoxy groups -OCH3 is 1. The van der Waals surface area contributed by atoms with E-state index in [4.69, 9.17) is 24.7 Å². The first kappa shape index (κ1) is 26.8. The van der Waals surface area contributed by atoms with Crippen LogP contribution in [0, 0.1) is 6.92 Å². The van der Waals surface area contributed by atoms with Crippen LogP contribution in [0.2, 0.25) is 0 Å². The number of rotatable bonds is 11. The van der Waals surface area contributed by atoms with Crippen LogP contribution in [-0.4, -0.2) is 60.3 Å². The average molecular weight is 519 g/mol. The van der Waals surface area contributed by atoms with Crippen molar-refractivity contribution in [3.8, 4) is 11.5 Å². The zero-order valence-corrected chi connectivity index (χ0v) is 21.3. The monoisotopic (exact) mass is 518 g/mol. The molecule has 0 saturated carbocycles. The molecule has 2 heterocycles. The van der Waals surface area contributed by atoms with E-state index in [2.05, 4.69) is 15.3 Å². The molecule has 0 bridgehead atoms. The first-order valence-corrected chi connectivity index (χ1v) is 11.9. The van der Waals surface area contributed by atoms with Crippen molar-refractivity contribution >= 4 is 22.4 Å². The summed E-state index contributed by atoms with van der Waals surface area (Å²) in [6, 6.07) is 7.62. The third-order valence-electron chi connectivity index (χ3n) is 6.00. The lowest BCUT2D eigenvalue weighted by atomic mass is 9.92. The molecule has 1 aliphatic heterocycles. The van der Waals surface area contributed by atoms with Gasteiger partial charge in [-0.2, -0.15) is 8.78 Å². The lowest BCUT2D eigenvalue weighted by molar-refractivity contribution is -0.168. The van der Waals surface area contributed by atoms with Gasteiger partial charge in [-0.25, -0.2) is 9.97 Å². The number of hydrogen-bond acceptors (Lipinski definition) is 9. The van der Waals surface area contributed by atoms with E-state index in [9.17, 15) is 13.9 Å². The van der Waals surface area contributed by atoms with Gasteiger partial charge in [0.1, 0.15) is 30.0 Å². The lowest BCUT2D eigenvalue weighted by Crippen LogP contribution is -2.40. The summed E-state index contributed by atoms with van der Waals surface area (Å²) < 4.78 is 51.7. The molecule has 1 aromatic heterocycles. The van der Waals surface area contributed by atoms with Crippen LogP contribution in [0.25, 0.3) is 10.9 Å². The Kier molecular flexibility index (Phi) is 7.67. The minimum atomic E-state index is -3.49. The fraction of sp³-hybridized carbons (Fsp3) is 0.462. The summed E-state index contributed by atoms with van der Waals surface area (Å²) in [6.07, 6.45) is 0.102. The number of nitrogen functional groups attached to an aromatic ring is 1. The zero-order chi connectivity index (χ0) is 26.8. The van der Waals surface area contributed by atoms with Gasteiger partial charge in [0, 0.05) is 29.2 Å². The van der Waals surface area contributed by atoms with E-state index in [0.717, 1.165) is 13.8 Å². The van der Waals surface area contributed by atoms with E-state index < -0.39 is 11.5 Å². The quantitative estimate of drug-likeness (QED) is 0.257. The number of nitrogens with two attached hydrogens (primary N) is 1. The van der Waals surface area contributed by atoms with E-state index in [-0.39, 0.29) is 23.9 Å². The number of fused-ring (bicyclic) bond motifs is 1. The van der Waals surface area contributed by atoms with Crippen molar-refractivity contribution in [3.05, 3.63) is 47.3 Å². The molecule has 9 nitrogen and oxygen atoms in total. The summed E-state index contributed by atoms with van der Waals surface area (Å²) >= 11 is 0. The average Bonchev–Trinajstić information content (AvgIpc) is 2.79. The molecule has 4 rings (SSSR count). The molecule has 11 heteroatoms. The van der Waals surface area contributed by atoms with Gasteiger partial charge >= 0.3 is 5.92 Å². The second-order valence-corrected chi connectivity index (χ2v) is 9.47. The molecule has 3 aromatic rings. The molecule has 1 saturated heterocycles. The number of nitrogens with zero attached hydrogens (tertiary/aromatic N) is 2. The van der Waals surface area contributed by atoms with Gasteiger partial charge in [-0.05, 0) is 50.6 Å². The Morgan fingerprint density at radius 1 is 1.11 bits per heavy atom. The van der Waals surface area contributed by atoms with E-state index in [1.54, 1.807) is 32.2 Å². The normalized spacial score (nSPS) is 14.5. The van der Waals surface area contributed by atoms with Crippen molar-refractivity contribution in [1.29, 1.82) is 0 Å². The van der Waals surface area contributed by atoms with Crippen molar-refractivity contribution < 1.29 is 32.8 Å². The predicted molar refractivity (Wildman–Crippen MR) is 135 cm³/mol. The van der Waals surface area contributed by atoms with Crippen molar-refractivity contribution in [2.45, 2.75) is 44.9 Å². The molecule has 1 aliphatic rings. The zero-order valence-electron chi connectivity index (χ0n) is 21.3. The summed E-state index contributed by atoms with van der Waals surface area (Å²) in [4.78, 5) is 9.00. The summed E-state index contributed by atoms with van der Waals surface area (Å²) in [5.74, 6) is -1.47. The summed E-state index contributed by atoms with van der Waals surface area (Å²) in [5.41, 5.74) is 4.59. The Hall–Kier alpha value is -3.28. The van der Waals surface area contributed by atoms with E-state index >= 15 is 0 Å². The van der Waals surface area contributed by atoms with Crippen LogP contribution in [0.3, 0.4) is 0 Å². The van der Waals surface area contributed by atoms with E-state index in [0.29, 0.717) is 66.0 Å². The Labute approximate surface area is 213 Å². The molecule has 0 atom stereocenters. The maximum atomic E-state index is 14.8. The molecule has 0 amide bonds. The number of anilines is 2. The first-order chi connectivity index (χ1) is 17.5. The lowest BCUT2D eigenvalue weighted by Gasteiger charge is -2.29. The number of nitrogens with one attached hydrogen (secondary N) is 1. The van der Waals surface area contributed by atoms with Gasteiger partial charge in [0.25, 0.3) is 0 Å². The number of halogens is 2. The number of aliphatic hydroxyl groups is 1. The van der Waals surface area contributed by atoms with Crippen molar-refractivity contribution in [2.24, 2.45) is 0 Å². The molecule has 1 fully saturated rings. The Morgan fingerprint density at radius 3 is 2.51 bits per heavy atom. The SMILES string of the molecule is COc1cc2nc(C)nc(NCc3cc(N)cc(C(F)(F)C(C)(C)O)c3)c2cc1OCCOC1COC1. The summed E-state index contributed by atoms with van der Waals surface area (Å²) in [6.45, 7) is 5.94. The topological polar surface area (TPSA) is 121 Å². The van der Waals surface area contributed by atoms with Gasteiger partial charge in [-0.15, -0.1) is 0 Å². The van der Waals surface area contributed by atoms with Gasteiger partial charge in [-0.1, -0.05) is 0 Å². The summed E-state index contributed by atoms with van der Waals surface area (Å²) in [7, 11) is 1.55. The molecule has 200 valence electrons. The maximum Gasteiger partial charge on any atom is 0.300 e. The molecule has 0 radical (unpaired) electrons. The minimum Gasteiger partial charge on any atom is -0.493 e. The molecule has 0 spiro atoms. The van der Waals surface area contributed by atoms with Crippen molar-refractivity contribution in [1.82, 2.24) is 9.97 Å². The Bertz CT molecular complexity index is 1260. The highest BCUT2D eigenvalue weighted by Crippen LogP contribution is 2.40. The minimum absolute atomic E-state index is 0.102. The third-order valence-corrected chi connectivity index (χ3v) is 6.00. The van der Waals surface area contributed by atoms with Gasteiger partial charge < -0.3 is 35.1 Å². The number of aryl methyl sites for hydroxylation is 1. The smallest absolute Gasteiger partial charge is 0.300 e. The van der Waals surface area contributed by atoms with Crippen LogP contribution in [-0.2, 0) is 21.9 Å². The number of ether oxygens (including phenoxy) is 4. The van der Waals surface area contributed by atoms with Crippen LogP contribution in [0.15, 0.2) is 30.3 Å². The van der Waals surface area contributed by atoms with Gasteiger partial charge in [0.2, 0.25) is 0 Å². The van der Waals surface area contributed by atoms with Crippen molar-refractivity contribution in [3.63, 3.8) is 0 Å². The number of hydrogen-bond donors (Lipinski definition) is 3. The predicted octanol–water partition coefficient (Wildman–Crippen LogP) is 3.80. The van der Waals surface area contributed by atoms with Crippen molar-refractivity contribution in [2.75, 3.05) is 44.6 Å². The second-order valence-electron chi connectivity index (χ2n) is 9.47. The molecule has 37 heavy (non-hydrogen) atoms. The molecule has 0 unspecified atom stereocenters. The van der Waals surface area contributed by atoms with Gasteiger partial charge in [-0.3, -0.25) is 0 Å². The van der Waals surface area contributed by atoms with E-state index in [1.807, 2.05) is 0 Å². The van der Waals surface area contributed by atoms with E-state index in [1.165, 1.54) is 12.1 Å². The number of benzene rings is 2. The van der Waals surface area contributed by atoms with Gasteiger partial charge in [0.05, 0.1) is 32.4 Å². The van der Waals surface area contributed by atoms with Gasteiger partial charge in [0.15, 0.2) is 11.5 Å². The third kappa shape index (κ3) is 6.00. The largest absolute Gasteiger partial charge is 0.493 e. The highest BCUT2D eigenvalue weighted by atomic mass is 19.3. The Balaban J connectivity index is 1.57. The molecule has 2 aromatic carbocycles. The fourth-order valence-electron chi connectivity index (χ4n) is 3.88. The molecular weight excluding hydrogens is 486 g/mol. The highest BCUT2D eigenvalue weighted by Gasteiger charge is 2.47. The Morgan fingerprint density at radius 2 is 1.86 bits per heavy atom. The first-order valence-electron chi connectivity index (χ1n) is 11.9. The number of alkyl halides is 2. The molecule has 0 aliphatic carbocycles. The van der Waals surface area contributed by atoms with Crippen LogP contribution in [0.1, 0.15) is 30.8 Å². The molecular formula is C26H32F2N4O5. The fourth-order valence-corrected chi connectivity index (χ4v) is 3.88. The number of aromatic nitrogens is 2. The summed E-state index contributed by atoms with van der Waals surface area (Å²) in [5, 5.41) is 13.8. The second kappa shape index (κ2) is 10.6. The van der Waals surface area contributed by atoms with Crippen LogP contribution in [0.4, 0.5) is 20.3 Å². The van der Waals surface area contributed by atoms with Crippen LogP contribution in [0.5, 0.6) is 11.5 Å². The van der Waals surface area contributed by atoms with Crippen LogP contribution >= 0.6 is 0 Å². The maximum absolute atomic E-state index is 14.8. The highest BCUT2D eigenvalue weighted by molar-refractivity contribution is 5.91. The molecule has 4 N–H and O–H groups in total.